The molecule has 2 fully saturated rings. The van der Waals surface area contributed by atoms with Crippen LogP contribution in [0.25, 0.3) is 0 Å². The zero-order chi connectivity index (χ0) is 31.1. The summed E-state index contributed by atoms with van der Waals surface area (Å²) in [6, 6.07) is 7.28. The largest absolute Gasteiger partial charge is 0.417 e. The van der Waals surface area contributed by atoms with E-state index in [9.17, 15) is 40.7 Å². The minimum absolute atomic E-state index is 0.0252. The summed E-state index contributed by atoms with van der Waals surface area (Å²) in [6.45, 7) is 0. The first-order chi connectivity index (χ1) is 20.2. The molecule has 3 aromatic rings. The Hall–Kier alpha value is -4.13. The average Bonchev–Trinajstić information content (AvgIpc) is 3.31. The average molecular weight is 625 g/mol. The summed E-state index contributed by atoms with van der Waals surface area (Å²) in [4.78, 5) is 46.5. The fourth-order valence-corrected chi connectivity index (χ4v) is 5.52. The Kier molecular flexibility index (Phi) is 8.12. The quantitative estimate of drug-likeness (QED) is 0.323. The molecule has 0 bridgehead atoms. The Morgan fingerprint density at radius 3 is 2.44 bits per heavy atom. The van der Waals surface area contributed by atoms with E-state index >= 15 is 0 Å². The molecule has 0 spiro atoms. The van der Waals surface area contributed by atoms with Gasteiger partial charge in [-0.2, -0.15) is 13.2 Å². The Labute approximate surface area is 246 Å². The number of benzene rings is 2. The second-order valence-corrected chi connectivity index (χ2v) is 10.7. The first kappa shape index (κ1) is 30.3. The molecule has 0 unspecified atom stereocenters. The van der Waals surface area contributed by atoms with E-state index in [-0.39, 0.29) is 34.8 Å². The van der Waals surface area contributed by atoms with Crippen LogP contribution in [0.15, 0.2) is 67.0 Å². The van der Waals surface area contributed by atoms with Gasteiger partial charge in [-0.15, -0.1) is 0 Å². The van der Waals surface area contributed by atoms with E-state index in [2.05, 4.69) is 10.3 Å². The van der Waals surface area contributed by atoms with Crippen molar-refractivity contribution in [2.24, 2.45) is 0 Å². The second-order valence-electron chi connectivity index (χ2n) is 10.3. The number of hydrogen-bond acceptors (Lipinski definition) is 4. The minimum Gasteiger partial charge on any atom is -0.351 e. The molecular weight excluding hydrogens is 602 g/mol. The number of pyridine rings is 1. The van der Waals surface area contributed by atoms with Crippen molar-refractivity contribution in [3.63, 3.8) is 0 Å². The van der Waals surface area contributed by atoms with Crippen LogP contribution in [0.4, 0.5) is 37.7 Å². The number of hydrogen-bond donors (Lipinski definition) is 1. The third-order valence-electron chi connectivity index (χ3n) is 7.29. The fourth-order valence-electron chi connectivity index (χ4n) is 5.28. The van der Waals surface area contributed by atoms with Crippen LogP contribution in [-0.2, 0) is 20.6 Å². The number of halogens is 7. The zero-order valence-electron chi connectivity index (χ0n) is 22.1. The number of nitrogens with zero attached hydrogens (tertiary/aromatic N) is 3. The first-order valence-corrected chi connectivity index (χ1v) is 13.5. The van der Waals surface area contributed by atoms with E-state index < -0.39 is 72.2 Å². The number of anilines is 2. The summed E-state index contributed by atoms with van der Waals surface area (Å²) in [7, 11) is 0. The maximum absolute atomic E-state index is 14.5. The number of carbonyl (C=O) groups excluding carboxylic acids is 3. The Morgan fingerprint density at radius 2 is 1.79 bits per heavy atom. The van der Waals surface area contributed by atoms with Crippen molar-refractivity contribution in [2.75, 3.05) is 9.80 Å². The van der Waals surface area contributed by atoms with E-state index in [1.54, 1.807) is 6.07 Å². The lowest BCUT2D eigenvalue weighted by molar-refractivity contribution is -0.138. The Morgan fingerprint density at radius 1 is 1.07 bits per heavy atom. The Bertz CT molecular complexity index is 1560. The van der Waals surface area contributed by atoms with E-state index in [4.69, 9.17) is 11.6 Å². The van der Waals surface area contributed by atoms with Gasteiger partial charge in [0.1, 0.15) is 17.9 Å². The van der Waals surface area contributed by atoms with Gasteiger partial charge in [0.2, 0.25) is 11.8 Å². The molecule has 5 rings (SSSR count). The minimum atomic E-state index is -4.79. The predicted octanol–water partition coefficient (Wildman–Crippen LogP) is 6.08. The number of aromatic nitrogens is 1. The van der Waals surface area contributed by atoms with E-state index in [1.165, 1.54) is 30.3 Å². The summed E-state index contributed by atoms with van der Waals surface area (Å²) >= 11 is 6.44. The van der Waals surface area contributed by atoms with Crippen molar-refractivity contribution in [1.29, 1.82) is 0 Å². The molecule has 226 valence electrons. The molecule has 1 aromatic heterocycles. The monoisotopic (exact) mass is 624 g/mol. The van der Waals surface area contributed by atoms with Crippen molar-refractivity contribution in [3.05, 3.63) is 89.0 Å². The molecule has 2 aromatic carbocycles. The highest BCUT2D eigenvalue weighted by Crippen LogP contribution is 2.40. The molecule has 43 heavy (non-hydrogen) atoms. The zero-order valence-corrected chi connectivity index (χ0v) is 22.9. The molecule has 14 heteroatoms. The van der Waals surface area contributed by atoms with Crippen LogP contribution in [0.3, 0.4) is 0 Å². The van der Waals surface area contributed by atoms with Crippen molar-refractivity contribution >= 4 is 40.7 Å². The smallest absolute Gasteiger partial charge is 0.351 e. The standard InChI is InChI=1S/C29H23ClF6N4O3/c30-22-7-2-1-6-21(22)25(26(42)38-18-12-28(32,33)13-18)40(19-5-3-4-17(31)11-19)27(43)23-8-9-24(41)39(23)20-10-16(14-37-15-20)29(34,35)36/h1-7,10-11,14-15,18,23,25H,8-9,12-13H2,(H,38,42)/t23-,25-/m0/s1. The highest BCUT2D eigenvalue weighted by Gasteiger charge is 2.48. The number of alkyl halides is 5. The van der Waals surface area contributed by atoms with E-state index in [1.807, 2.05) is 0 Å². The van der Waals surface area contributed by atoms with Gasteiger partial charge in [-0.05, 0) is 36.8 Å². The van der Waals surface area contributed by atoms with Gasteiger partial charge in [0.25, 0.3) is 11.8 Å². The number of amides is 3. The van der Waals surface area contributed by atoms with Crippen LogP contribution in [0.2, 0.25) is 5.02 Å². The van der Waals surface area contributed by atoms with Crippen LogP contribution in [-0.4, -0.2) is 40.7 Å². The van der Waals surface area contributed by atoms with Crippen molar-refractivity contribution < 1.29 is 40.7 Å². The van der Waals surface area contributed by atoms with Gasteiger partial charge >= 0.3 is 6.18 Å². The first-order valence-electron chi connectivity index (χ1n) is 13.1. The van der Waals surface area contributed by atoms with Gasteiger partial charge in [0.15, 0.2) is 0 Å². The molecule has 2 heterocycles. The summed E-state index contributed by atoms with van der Waals surface area (Å²) < 4.78 is 82.0. The van der Waals surface area contributed by atoms with Crippen molar-refractivity contribution in [1.82, 2.24) is 10.3 Å². The van der Waals surface area contributed by atoms with Gasteiger partial charge in [-0.1, -0.05) is 35.9 Å². The van der Waals surface area contributed by atoms with Gasteiger partial charge in [0.05, 0.1) is 17.4 Å². The molecule has 2 atom stereocenters. The summed E-state index contributed by atoms with van der Waals surface area (Å²) in [5.74, 6) is -6.27. The van der Waals surface area contributed by atoms with Crippen molar-refractivity contribution in [3.8, 4) is 0 Å². The molecule has 1 saturated carbocycles. The molecule has 0 radical (unpaired) electrons. The normalized spacial score (nSPS) is 19.1. The van der Waals surface area contributed by atoms with Gasteiger partial charge in [0, 0.05) is 47.8 Å². The van der Waals surface area contributed by atoms with Crippen LogP contribution < -0.4 is 15.1 Å². The molecule has 1 saturated heterocycles. The molecule has 1 N–H and O–H groups in total. The van der Waals surface area contributed by atoms with E-state index in [0.29, 0.717) is 12.3 Å². The second kappa shape index (κ2) is 11.5. The molecule has 7 nitrogen and oxygen atoms in total. The van der Waals surface area contributed by atoms with Gasteiger partial charge in [-0.3, -0.25) is 29.2 Å². The summed E-state index contributed by atoms with van der Waals surface area (Å²) in [5.41, 5.74) is -1.51. The van der Waals surface area contributed by atoms with Crippen molar-refractivity contribution in [2.45, 2.75) is 55.9 Å². The maximum atomic E-state index is 14.5. The summed E-state index contributed by atoms with van der Waals surface area (Å²) in [5, 5.41) is 2.53. The highest BCUT2D eigenvalue weighted by atomic mass is 35.5. The lowest BCUT2D eigenvalue weighted by atomic mass is 9.87. The van der Waals surface area contributed by atoms with Crippen LogP contribution in [0.1, 0.15) is 42.9 Å². The van der Waals surface area contributed by atoms with E-state index in [0.717, 1.165) is 28.1 Å². The third kappa shape index (κ3) is 6.31. The van der Waals surface area contributed by atoms with Crippen LogP contribution in [0, 0.1) is 5.82 Å². The predicted molar refractivity (Wildman–Crippen MR) is 144 cm³/mol. The Balaban J connectivity index is 1.60. The topological polar surface area (TPSA) is 82.6 Å². The fraction of sp³-hybridized carbons (Fsp3) is 0.310. The van der Waals surface area contributed by atoms with Crippen LogP contribution in [0.5, 0.6) is 0 Å². The lowest BCUT2D eigenvalue weighted by Crippen LogP contribution is -2.56. The van der Waals surface area contributed by atoms with Gasteiger partial charge in [-0.25, -0.2) is 13.2 Å². The van der Waals surface area contributed by atoms with Crippen LogP contribution >= 0.6 is 11.6 Å². The molecule has 1 aliphatic heterocycles. The molecular formula is C29H23ClF6N4O3. The lowest BCUT2D eigenvalue weighted by Gasteiger charge is -2.39. The molecule has 3 amide bonds. The highest BCUT2D eigenvalue weighted by molar-refractivity contribution is 6.31. The summed E-state index contributed by atoms with van der Waals surface area (Å²) in [6.07, 6.45) is -4.84. The number of nitrogens with one attached hydrogen (secondary N) is 1. The number of carbonyl (C=O) groups is 3. The SMILES string of the molecule is O=C(NC1CC(F)(F)C1)[C@H](c1ccccc1Cl)N(C(=O)[C@@H]1CCC(=O)N1c1cncc(C(F)(F)F)c1)c1cccc(F)c1. The molecule has 2 aliphatic rings. The van der Waals surface area contributed by atoms with Gasteiger partial charge < -0.3 is 5.32 Å². The maximum Gasteiger partial charge on any atom is 0.417 e. The number of rotatable bonds is 7. The molecule has 1 aliphatic carbocycles. The third-order valence-corrected chi connectivity index (χ3v) is 7.64.